The Morgan fingerprint density at radius 2 is 1.85 bits per heavy atom. The fraction of sp³-hybridized carbons (Fsp3) is 0.368. The Morgan fingerprint density at radius 3 is 2.35 bits per heavy atom. The van der Waals surface area contributed by atoms with Gasteiger partial charge >= 0.3 is 0 Å². The molecule has 0 aliphatic heterocycles. The van der Waals surface area contributed by atoms with E-state index in [2.05, 4.69) is 40.0 Å². The second-order valence-electron chi connectivity index (χ2n) is 6.01. The van der Waals surface area contributed by atoms with Crippen molar-refractivity contribution >= 4 is 5.57 Å². The molecule has 0 radical (unpaired) electrons. The first kappa shape index (κ1) is 16.3. The highest BCUT2D eigenvalue weighted by Gasteiger charge is 2.21. The first-order chi connectivity index (χ1) is 9.36. The van der Waals surface area contributed by atoms with Crippen LogP contribution in [0.25, 0.3) is 5.57 Å². The molecule has 1 atom stereocenters. The van der Waals surface area contributed by atoms with Crippen LogP contribution >= 0.6 is 0 Å². The van der Waals surface area contributed by atoms with Gasteiger partial charge in [-0.25, -0.2) is 0 Å². The summed E-state index contributed by atoms with van der Waals surface area (Å²) in [5.74, 6) is 0.289. The lowest BCUT2D eigenvalue weighted by Crippen LogP contribution is -2.13. The summed E-state index contributed by atoms with van der Waals surface area (Å²) in [6.45, 7) is 14.7. The molecule has 1 N–H and O–H groups in total. The maximum Gasteiger partial charge on any atom is 0.115 e. The number of allylic oxidation sites excluding steroid dienone is 4. The first-order valence-electron chi connectivity index (χ1n) is 7.10. The van der Waals surface area contributed by atoms with Gasteiger partial charge in [0.15, 0.2) is 0 Å². The third-order valence-electron chi connectivity index (χ3n) is 3.65. The highest BCUT2D eigenvalue weighted by molar-refractivity contribution is 5.64. The van der Waals surface area contributed by atoms with E-state index in [0.29, 0.717) is 0 Å². The monoisotopic (exact) mass is 270 g/mol. The molecule has 0 spiro atoms. The molecule has 0 fully saturated rings. The van der Waals surface area contributed by atoms with Crippen LogP contribution in [0.5, 0.6) is 5.75 Å². The van der Waals surface area contributed by atoms with E-state index in [-0.39, 0.29) is 11.2 Å². The Kier molecular flexibility index (Phi) is 5.82. The van der Waals surface area contributed by atoms with E-state index in [1.54, 1.807) is 12.1 Å². The molecule has 0 aliphatic carbocycles. The predicted molar refractivity (Wildman–Crippen MR) is 88.7 cm³/mol. The van der Waals surface area contributed by atoms with E-state index in [1.807, 2.05) is 18.2 Å². The SMILES string of the molecule is C=CC(C)(CCC=C(C)C)CC(=C)c1ccc(O)cc1. The van der Waals surface area contributed by atoms with Crippen molar-refractivity contribution in [1.29, 1.82) is 0 Å². The highest BCUT2D eigenvalue weighted by atomic mass is 16.3. The number of hydrogen-bond acceptors (Lipinski definition) is 1. The van der Waals surface area contributed by atoms with E-state index in [4.69, 9.17) is 0 Å². The maximum absolute atomic E-state index is 9.33. The van der Waals surface area contributed by atoms with Gasteiger partial charge in [0.05, 0.1) is 0 Å². The molecule has 0 bridgehead atoms. The van der Waals surface area contributed by atoms with Crippen molar-refractivity contribution in [3.63, 3.8) is 0 Å². The van der Waals surface area contributed by atoms with Gasteiger partial charge in [0, 0.05) is 0 Å². The molecule has 1 unspecified atom stereocenters. The molecule has 20 heavy (non-hydrogen) atoms. The van der Waals surface area contributed by atoms with Crippen molar-refractivity contribution in [2.75, 3.05) is 0 Å². The van der Waals surface area contributed by atoms with Crippen LogP contribution in [0.2, 0.25) is 0 Å². The van der Waals surface area contributed by atoms with Gasteiger partial charge in [-0.3, -0.25) is 0 Å². The molecule has 0 saturated carbocycles. The molecule has 1 heteroatoms. The lowest BCUT2D eigenvalue weighted by Gasteiger charge is -2.26. The first-order valence-corrected chi connectivity index (χ1v) is 7.10. The molecule has 1 nitrogen and oxygen atoms in total. The normalized spacial score (nSPS) is 13.3. The van der Waals surface area contributed by atoms with E-state index in [9.17, 15) is 5.11 Å². The standard InChI is InChI=1S/C19H26O/c1-6-19(5,13-7-8-15(2)3)14-16(4)17-9-11-18(20)12-10-17/h6,8-12,20H,1,4,7,13-14H2,2-3,5H3. The van der Waals surface area contributed by atoms with Crippen LogP contribution in [-0.4, -0.2) is 5.11 Å². The number of phenols is 1. The van der Waals surface area contributed by atoms with Gasteiger partial charge in [0.2, 0.25) is 0 Å². The van der Waals surface area contributed by atoms with Crippen molar-refractivity contribution in [3.05, 3.63) is 60.7 Å². The zero-order valence-electron chi connectivity index (χ0n) is 12.9. The number of benzene rings is 1. The minimum absolute atomic E-state index is 0.0565. The Hall–Kier alpha value is -1.76. The van der Waals surface area contributed by atoms with Crippen LogP contribution in [0.15, 0.2) is 55.1 Å². The van der Waals surface area contributed by atoms with Gasteiger partial charge in [-0.15, -0.1) is 6.58 Å². The Labute approximate surface area is 123 Å². The van der Waals surface area contributed by atoms with Crippen molar-refractivity contribution in [1.82, 2.24) is 0 Å². The zero-order valence-corrected chi connectivity index (χ0v) is 12.9. The summed E-state index contributed by atoms with van der Waals surface area (Å²) in [4.78, 5) is 0. The maximum atomic E-state index is 9.33. The Balaban J connectivity index is 2.71. The molecule has 0 aliphatic rings. The largest absolute Gasteiger partial charge is 0.508 e. The number of rotatable bonds is 7. The van der Waals surface area contributed by atoms with E-state index in [1.165, 1.54) is 5.57 Å². The van der Waals surface area contributed by atoms with Crippen LogP contribution in [0, 0.1) is 5.41 Å². The van der Waals surface area contributed by atoms with Crippen molar-refractivity contribution in [3.8, 4) is 5.75 Å². The lowest BCUT2D eigenvalue weighted by molar-refractivity contribution is 0.407. The third-order valence-corrected chi connectivity index (χ3v) is 3.65. The second-order valence-corrected chi connectivity index (χ2v) is 6.01. The molecule has 1 rings (SSSR count). The summed E-state index contributed by atoms with van der Waals surface area (Å²) in [5, 5.41) is 9.33. The third kappa shape index (κ3) is 5.08. The molecule has 1 aromatic rings. The van der Waals surface area contributed by atoms with Gasteiger partial charge in [0.25, 0.3) is 0 Å². The number of phenolic OH excluding ortho intramolecular Hbond substituents is 1. The van der Waals surface area contributed by atoms with Gasteiger partial charge < -0.3 is 5.11 Å². The second kappa shape index (κ2) is 7.14. The summed E-state index contributed by atoms with van der Waals surface area (Å²) in [6, 6.07) is 7.23. The van der Waals surface area contributed by atoms with Crippen LogP contribution in [0.4, 0.5) is 0 Å². The van der Waals surface area contributed by atoms with Gasteiger partial charge in [-0.1, -0.05) is 43.4 Å². The van der Waals surface area contributed by atoms with E-state index >= 15 is 0 Å². The van der Waals surface area contributed by atoms with Crippen LogP contribution in [0.3, 0.4) is 0 Å². The van der Waals surface area contributed by atoms with Gasteiger partial charge in [-0.05, 0) is 61.8 Å². The fourth-order valence-corrected chi connectivity index (χ4v) is 2.24. The summed E-state index contributed by atoms with van der Waals surface area (Å²) < 4.78 is 0. The van der Waals surface area contributed by atoms with Crippen LogP contribution in [-0.2, 0) is 0 Å². The van der Waals surface area contributed by atoms with Gasteiger partial charge in [-0.2, -0.15) is 0 Å². The molecule has 0 aromatic heterocycles. The van der Waals surface area contributed by atoms with Crippen molar-refractivity contribution in [2.24, 2.45) is 5.41 Å². The molecule has 0 saturated heterocycles. The lowest BCUT2D eigenvalue weighted by atomic mass is 9.78. The number of aromatic hydroxyl groups is 1. The number of hydrogen-bond donors (Lipinski definition) is 1. The van der Waals surface area contributed by atoms with E-state index < -0.39 is 0 Å². The minimum atomic E-state index is 0.0565. The smallest absolute Gasteiger partial charge is 0.115 e. The summed E-state index contributed by atoms with van der Waals surface area (Å²) in [5.41, 5.74) is 3.58. The molecule has 0 heterocycles. The topological polar surface area (TPSA) is 20.2 Å². The van der Waals surface area contributed by atoms with Crippen LogP contribution < -0.4 is 0 Å². The highest BCUT2D eigenvalue weighted by Crippen LogP contribution is 2.36. The zero-order chi connectivity index (χ0) is 15.2. The molecular weight excluding hydrogens is 244 g/mol. The molecule has 0 amide bonds. The van der Waals surface area contributed by atoms with E-state index in [0.717, 1.165) is 30.4 Å². The predicted octanol–water partition coefficient (Wildman–Crippen LogP) is 5.73. The average Bonchev–Trinajstić information content (AvgIpc) is 2.39. The fourth-order valence-electron chi connectivity index (χ4n) is 2.24. The summed E-state index contributed by atoms with van der Waals surface area (Å²) in [7, 11) is 0. The minimum Gasteiger partial charge on any atom is -0.508 e. The Morgan fingerprint density at radius 1 is 1.25 bits per heavy atom. The summed E-state index contributed by atoms with van der Waals surface area (Å²) in [6.07, 6.45) is 7.33. The average molecular weight is 270 g/mol. The summed E-state index contributed by atoms with van der Waals surface area (Å²) >= 11 is 0. The van der Waals surface area contributed by atoms with Crippen molar-refractivity contribution < 1.29 is 5.11 Å². The van der Waals surface area contributed by atoms with Gasteiger partial charge in [0.1, 0.15) is 5.75 Å². The quantitative estimate of drug-likeness (QED) is 0.627. The molecule has 1 aromatic carbocycles. The molecule has 108 valence electrons. The van der Waals surface area contributed by atoms with Crippen molar-refractivity contribution in [2.45, 2.75) is 40.0 Å². The van der Waals surface area contributed by atoms with Crippen LogP contribution in [0.1, 0.15) is 45.6 Å². The molecular formula is C19H26O. The Bertz CT molecular complexity index is 489.